The van der Waals surface area contributed by atoms with Crippen molar-refractivity contribution in [2.24, 2.45) is 5.92 Å². The van der Waals surface area contributed by atoms with E-state index in [0.29, 0.717) is 19.0 Å². The van der Waals surface area contributed by atoms with Crippen LogP contribution in [0.15, 0.2) is 35.7 Å². The van der Waals surface area contributed by atoms with Crippen LogP contribution in [0.2, 0.25) is 0 Å². The molecule has 5 nitrogen and oxygen atoms in total. The SMILES string of the molecule is O=S(=O)(/C=C/c1ccccc1)N1CCN(C[C@H]2CCOC2)CC1. The van der Waals surface area contributed by atoms with E-state index in [9.17, 15) is 8.42 Å². The number of sulfonamides is 1. The van der Waals surface area contributed by atoms with Crippen molar-refractivity contribution in [3.05, 3.63) is 41.3 Å². The summed E-state index contributed by atoms with van der Waals surface area (Å²) in [5, 5.41) is 1.32. The smallest absolute Gasteiger partial charge is 0.236 e. The van der Waals surface area contributed by atoms with E-state index in [0.717, 1.165) is 44.8 Å². The van der Waals surface area contributed by atoms with Crippen LogP contribution in [0, 0.1) is 5.92 Å². The van der Waals surface area contributed by atoms with Gasteiger partial charge in [-0.15, -0.1) is 0 Å². The van der Waals surface area contributed by atoms with Gasteiger partial charge in [-0.05, 0) is 24.0 Å². The zero-order valence-electron chi connectivity index (χ0n) is 13.3. The molecule has 0 radical (unpaired) electrons. The Balaban J connectivity index is 1.52. The molecule has 1 aromatic carbocycles. The predicted molar refractivity (Wildman–Crippen MR) is 91.3 cm³/mol. The third kappa shape index (κ3) is 4.64. The molecule has 0 bridgehead atoms. The first-order valence-corrected chi connectivity index (χ1v) is 9.67. The molecule has 0 saturated carbocycles. The lowest BCUT2D eigenvalue weighted by atomic mass is 10.1. The molecule has 2 heterocycles. The highest BCUT2D eigenvalue weighted by atomic mass is 32.2. The van der Waals surface area contributed by atoms with Crippen LogP contribution in [0.25, 0.3) is 6.08 Å². The normalized spacial score (nSPS) is 24.4. The van der Waals surface area contributed by atoms with Crippen LogP contribution in [0.5, 0.6) is 0 Å². The average Bonchev–Trinajstić information content (AvgIpc) is 3.08. The Labute approximate surface area is 138 Å². The standard InChI is InChI=1S/C17H24N2O3S/c20-23(21,13-7-16-4-2-1-3-5-16)19-10-8-18(9-11-19)14-17-6-12-22-15-17/h1-5,7,13,17H,6,8-12,14-15H2/b13-7+/t17-/m1/s1. The van der Waals surface area contributed by atoms with Crippen LogP contribution in [-0.4, -0.2) is 63.6 Å². The van der Waals surface area contributed by atoms with E-state index in [1.807, 2.05) is 30.3 Å². The molecule has 23 heavy (non-hydrogen) atoms. The van der Waals surface area contributed by atoms with Crippen molar-refractivity contribution in [3.8, 4) is 0 Å². The molecule has 0 N–H and O–H groups in total. The van der Waals surface area contributed by atoms with E-state index in [1.54, 1.807) is 10.4 Å². The van der Waals surface area contributed by atoms with Crippen molar-refractivity contribution in [1.29, 1.82) is 0 Å². The van der Waals surface area contributed by atoms with Gasteiger partial charge in [0.1, 0.15) is 0 Å². The average molecular weight is 336 g/mol. The van der Waals surface area contributed by atoms with Crippen LogP contribution in [0.3, 0.4) is 0 Å². The molecule has 0 spiro atoms. The number of piperazine rings is 1. The molecular weight excluding hydrogens is 312 g/mol. The molecule has 1 aromatic rings. The number of hydrogen-bond donors (Lipinski definition) is 0. The maximum atomic E-state index is 12.4. The number of rotatable bonds is 5. The van der Waals surface area contributed by atoms with E-state index in [4.69, 9.17) is 4.74 Å². The van der Waals surface area contributed by atoms with Gasteiger partial charge in [0, 0.05) is 44.7 Å². The lowest BCUT2D eigenvalue weighted by Crippen LogP contribution is -2.49. The summed E-state index contributed by atoms with van der Waals surface area (Å²) in [6.07, 6.45) is 2.79. The third-order valence-corrected chi connectivity index (χ3v) is 6.03. The van der Waals surface area contributed by atoms with Gasteiger partial charge in [0.15, 0.2) is 0 Å². The molecule has 0 aliphatic carbocycles. The van der Waals surface area contributed by atoms with Gasteiger partial charge in [-0.1, -0.05) is 30.3 Å². The molecule has 2 aliphatic heterocycles. The molecule has 2 aliphatic rings. The Morgan fingerprint density at radius 3 is 2.52 bits per heavy atom. The lowest BCUT2D eigenvalue weighted by Gasteiger charge is -2.34. The van der Waals surface area contributed by atoms with E-state index in [1.165, 1.54) is 5.41 Å². The molecule has 0 amide bonds. The quantitative estimate of drug-likeness (QED) is 0.820. The molecule has 2 saturated heterocycles. The fourth-order valence-corrected chi connectivity index (χ4v) is 4.25. The monoisotopic (exact) mass is 336 g/mol. The molecule has 126 valence electrons. The zero-order valence-corrected chi connectivity index (χ0v) is 14.1. The molecule has 3 rings (SSSR count). The fourth-order valence-electron chi connectivity index (χ4n) is 3.07. The van der Waals surface area contributed by atoms with Gasteiger partial charge >= 0.3 is 0 Å². The molecule has 1 atom stereocenters. The van der Waals surface area contributed by atoms with Crippen molar-refractivity contribution in [3.63, 3.8) is 0 Å². The van der Waals surface area contributed by atoms with Crippen LogP contribution < -0.4 is 0 Å². The highest BCUT2D eigenvalue weighted by molar-refractivity contribution is 7.92. The highest BCUT2D eigenvalue weighted by Crippen LogP contribution is 2.17. The van der Waals surface area contributed by atoms with Crippen LogP contribution in [-0.2, 0) is 14.8 Å². The topological polar surface area (TPSA) is 49.9 Å². The summed E-state index contributed by atoms with van der Waals surface area (Å²) in [4.78, 5) is 2.35. The highest BCUT2D eigenvalue weighted by Gasteiger charge is 2.27. The van der Waals surface area contributed by atoms with Crippen LogP contribution in [0.1, 0.15) is 12.0 Å². The van der Waals surface area contributed by atoms with Gasteiger partial charge < -0.3 is 9.64 Å². The minimum absolute atomic E-state index is 0.565. The minimum Gasteiger partial charge on any atom is -0.381 e. The summed E-state index contributed by atoms with van der Waals surface area (Å²) >= 11 is 0. The van der Waals surface area contributed by atoms with Crippen LogP contribution in [0.4, 0.5) is 0 Å². The van der Waals surface area contributed by atoms with E-state index >= 15 is 0 Å². The van der Waals surface area contributed by atoms with Gasteiger partial charge in [-0.2, -0.15) is 4.31 Å². The zero-order chi connectivity index (χ0) is 16.1. The first-order valence-electron chi connectivity index (χ1n) is 8.17. The Morgan fingerprint density at radius 2 is 1.87 bits per heavy atom. The molecular formula is C17H24N2O3S. The van der Waals surface area contributed by atoms with E-state index < -0.39 is 10.0 Å². The Morgan fingerprint density at radius 1 is 1.13 bits per heavy atom. The third-order valence-electron chi connectivity index (χ3n) is 4.46. The van der Waals surface area contributed by atoms with Gasteiger partial charge in [0.05, 0.1) is 6.61 Å². The summed E-state index contributed by atoms with van der Waals surface area (Å²) in [6.45, 7) is 5.46. The first-order chi connectivity index (χ1) is 11.1. The summed E-state index contributed by atoms with van der Waals surface area (Å²) < 4.78 is 31.8. The first kappa shape index (κ1) is 16.6. The van der Waals surface area contributed by atoms with Crippen molar-refractivity contribution in [1.82, 2.24) is 9.21 Å². The maximum Gasteiger partial charge on any atom is 0.236 e. The van der Waals surface area contributed by atoms with E-state index in [-0.39, 0.29) is 0 Å². The summed E-state index contributed by atoms with van der Waals surface area (Å²) in [5.74, 6) is 0.608. The number of nitrogens with zero attached hydrogens (tertiary/aromatic N) is 2. The van der Waals surface area contributed by atoms with Gasteiger partial charge in [-0.25, -0.2) is 8.42 Å². The predicted octanol–water partition coefficient (Wildman–Crippen LogP) is 1.64. The Hall–Kier alpha value is -1.21. The summed E-state index contributed by atoms with van der Waals surface area (Å²) in [7, 11) is -3.33. The lowest BCUT2D eigenvalue weighted by molar-refractivity contribution is 0.144. The largest absolute Gasteiger partial charge is 0.381 e. The number of ether oxygens (including phenoxy) is 1. The number of benzene rings is 1. The Bertz CT molecular complexity index is 616. The van der Waals surface area contributed by atoms with Crippen molar-refractivity contribution < 1.29 is 13.2 Å². The van der Waals surface area contributed by atoms with Crippen molar-refractivity contribution in [2.45, 2.75) is 6.42 Å². The van der Waals surface area contributed by atoms with Crippen LogP contribution >= 0.6 is 0 Å². The van der Waals surface area contributed by atoms with E-state index in [2.05, 4.69) is 4.90 Å². The summed E-state index contributed by atoms with van der Waals surface area (Å²) in [5.41, 5.74) is 0.899. The fraction of sp³-hybridized carbons (Fsp3) is 0.529. The second-order valence-electron chi connectivity index (χ2n) is 6.19. The molecule has 0 aromatic heterocycles. The maximum absolute atomic E-state index is 12.4. The second kappa shape index (κ2) is 7.57. The van der Waals surface area contributed by atoms with Crippen molar-refractivity contribution >= 4 is 16.1 Å². The Kier molecular flexibility index (Phi) is 5.48. The summed E-state index contributed by atoms with van der Waals surface area (Å²) in [6, 6.07) is 9.51. The molecule has 2 fully saturated rings. The van der Waals surface area contributed by atoms with Gasteiger partial charge in [0.2, 0.25) is 10.0 Å². The van der Waals surface area contributed by atoms with Gasteiger partial charge in [-0.3, -0.25) is 0 Å². The molecule has 0 unspecified atom stereocenters. The van der Waals surface area contributed by atoms with Gasteiger partial charge in [0.25, 0.3) is 0 Å². The van der Waals surface area contributed by atoms with Crippen molar-refractivity contribution in [2.75, 3.05) is 45.9 Å². The molecule has 6 heteroatoms. The number of hydrogen-bond acceptors (Lipinski definition) is 4. The second-order valence-corrected chi connectivity index (χ2v) is 8.01. The minimum atomic E-state index is -3.33.